The maximum atomic E-state index is 10.8. The van der Waals surface area contributed by atoms with Crippen LogP contribution in [0.3, 0.4) is 0 Å². The van der Waals surface area contributed by atoms with E-state index in [1.54, 1.807) is 0 Å². The molecule has 0 spiro atoms. The van der Waals surface area contributed by atoms with Crippen molar-refractivity contribution < 1.29 is 19.6 Å². The first-order valence-corrected chi connectivity index (χ1v) is 9.83. The summed E-state index contributed by atoms with van der Waals surface area (Å²) in [5.41, 5.74) is 0. The molecule has 0 amide bonds. The Labute approximate surface area is 164 Å². The lowest BCUT2D eigenvalue weighted by Crippen LogP contribution is -2.53. The van der Waals surface area contributed by atoms with E-state index in [-0.39, 0.29) is 6.42 Å². The lowest BCUT2D eigenvalue weighted by molar-refractivity contribution is -0.970. The molecule has 0 unspecified atom stereocenters. The first-order chi connectivity index (χ1) is 13.4. The number of allylic oxidation sites excluding steroid dienone is 2. The smallest absolute Gasteiger partial charge is 0.291 e. The van der Waals surface area contributed by atoms with Crippen LogP contribution < -0.4 is 0 Å². The molecule has 0 aliphatic heterocycles. The van der Waals surface area contributed by atoms with E-state index in [4.69, 9.17) is 0 Å². The normalized spacial score (nSPS) is 11.6. The van der Waals surface area contributed by atoms with Crippen molar-refractivity contribution in [3.63, 3.8) is 0 Å². The Morgan fingerprint density at radius 3 is 1.46 bits per heavy atom. The second-order valence-corrected chi connectivity index (χ2v) is 6.77. The maximum Gasteiger partial charge on any atom is 0.699 e. The van der Waals surface area contributed by atoms with Crippen molar-refractivity contribution in [3.05, 3.63) is 42.5 Å². The minimum Gasteiger partial charge on any atom is -0.291 e. The van der Waals surface area contributed by atoms with Gasteiger partial charge in [-0.15, -0.1) is 0 Å². The summed E-state index contributed by atoms with van der Waals surface area (Å²) in [5, 5.41) is 32.4. The summed E-state index contributed by atoms with van der Waals surface area (Å²) >= 11 is 0. The molecule has 0 saturated heterocycles. The molecule has 10 nitrogen and oxygen atoms in total. The van der Waals surface area contributed by atoms with Crippen molar-refractivity contribution in [3.8, 4) is 0 Å². The van der Waals surface area contributed by atoms with Gasteiger partial charge in [-0.25, -0.2) is 0 Å². The molecule has 159 valence electrons. The van der Waals surface area contributed by atoms with Crippen LogP contribution in [-0.4, -0.2) is 26.8 Å². The van der Waals surface area contributed by atoms with Gasteiger partial charge in [0.15, 0.2) is 27.5 Å². The zero-order valence-electron chi connectivity index (χ0n) is 16.3. The van der Waals surface area contributed by atoms with Gasteiger partial charge in [-0.05, 0) is 38.5 Å². The number of rotatable bonds is 19. The quantitative estimate of drug-likeness (QED) is 0.101. The molecule has 0 aliphatic rings. The molecule has 0 saturated carbocycles. The zero-order valence-corrected chi connectivity index (χ0v) is 16.3. The number of nitrogens with zero attached hydrogens (tertiary/aromatic N) is 3. The molecule has 28 heavy (non-hydrogen) atoms. The van der Waals surface area contributed by atoms with Crippen molar-refractivity contribution >= 4 is 6.29 Å². The van der Waals surface area contributed by atoms with Gasteiger partial charge in [0.25, 0.3) is 0 Å². The maximum absolute atomic E-state index is 10.8. The fourth-order valence-corrected chi connectivity index (χ4v) is 2.85. The standard InChI is InChI=1S/C18H30N3O7/c22-17-15-13-11-9-7-5-3-1-2-4-6-8-10-12-14-16-18(19(23)24,20(25)26)21(27)28/h1-2H,3-16H2/b2-1-. The molecule has 0 aliphatic carbocycles. The average molecular weight is 400 g/mol. The lowest BCUT2D eigenvalue weighted by Gasteiger charge is -2.08. The third kappa shape index (κ3) is 10.1. The zero-order chi connectivity index (χ0) is 21.3. The molecule has 0 fully saturated rings. The number of hydrogen-bond donors (Lipinski definition) is 0. The second kappa shape index (κ2) is 15.6. The molecule has 0 rings (SSSR count). The Morgan fingerprint density at radius 1 is 0.643 bits per heavy atom. The Balaban J connectivity index is 3.71. The van der Waals surface area contributed by atoms with Crippen LogP contribution in [0.4, 0.5) is 0 Å². The SMILES string of the molecule is O=[C]CCCCCCC/C=C\CCCCCCCC([N+](=O)[O-])([N+](=O)[O-])[N+](=O)[O-]. The summed E-state index contributed by atoms with van der Waals surface area (Å²) in [7, 11) is 0. The second-order valence-electron chi connectivity index (χ2n) is 6.77. The minimum atomic E-state index is -3.32. The van der Waals surface area contributed by atoms with Crippen LogP contribution in [-0.2, 0) is 4.79 Å². The van der Waals surface area contributed by atoms with E-state index in [9.17, 15) is 35.1 Å². The van der Waals surface area contributed by atoms with Crippen LogP contribution in [0.25, 0.3) is 0 Å². The summed E-state index contributed by atoms with van der Waals surface area (Å²) in [6.45, 7) is 0. The Hall–Kier alpha value is -2.39. The molecule has 0 aromatic carbocycles. The molecular formula is C18H30N3O7. The molecule has 0 atom stereocenters. The highest BCUT2D eigenvalue weighted by molar-refractivity contribution is 5.50. The fraction of sp³-hybridized carbons (Fsp3) is 0.833. The summed E-state index contributed by atoms with van der Waals surface area (Å²) in [6, 6.07) is 0. The fourth-order valence-electron chi connectivity index (χ4n) is 2.85. The minimum absolute atomic E-state index is 0.0731. The van der Waals surface area contributed by atoms with E-state index in [1.807, 2.05) is 6.29 Å². The van der Waals surface area contributed by atoms with Crippen molar-refractivity contribution in [2.24, 2.45) is 0 Å². The number of carbonyl (C=O) groups excluding carboxylic acids is 1. The molecule has 10 heteroatoms. The first kappa shape index (κ1) is 25.6. The number of nitro groups is 3. The third-order valence-electron chi connectivity index (χ3n) is 4.58. The summed E-state index contributed by atoms with van der Waals surface area (Å²) in [6.07, 6.45) is 16.5. The number of unbranched alkanes of at least 4 members (excludes halogenated alkanes) is 11. The molecule has 0 aromatic rings. The van der Waals surface area contributed by atoms with Crippen LogP contribution in [0.15, 0.2) is 12.2 Å². The van der Waals surface area contributed by atoms with Crippen molar-refractivity contribution in [1.29, 1.82) is 0 Å². The van der Waals surface area contributed by atoms with Crippen molar-refractivity contribution in [2.75, 3.05) is 0 Å². The van der Waals surface area contributed by atoms with Gasteiger partial charge in [0.1, 0.15) is 0 Å². The van der Waals surface area contributed by atoms with Gasteiger partial charge in [0, 0.05) is 6.42 Å². The van der Waals surface area contributed by atoms with Gasteiger partial charge in [-0.3, -0.25) is 35.1 Å². The predicted octanol–water partition coefficient (Wildman–Crippen LogP) is 4.60. The van der Waals surface area contributed by atoms with Gasteiger partial charge in [-0.2, -0.15) is 0 Å². The van der Waals surface area contributed by atoms with Crippen LogP contribution in [0, 0.1) is 30.3 Å². The van der Waals surface area contributed by atoms with Gasteiger partial charge >= 0.3 is 5.79 Å². The highest BCUT2D eigenvalue weighted by atomic mass is 16.7. The third-order valence-corrected chi connectivity index (χ3v) is 4.58. The Morgan fingerprint density at radius 2 is 1.04 bits per heavy atom. The molecule has 0 N–H and O–H groups in total. The van der Waals surface area contributed by atoms with E-state index in [2.05, 4.69) is 12.2 Å². The Kier molecular flexibility index (Phi) is 14.3. The highest BCUT2D eigenvalue weighted by Crippen LogP contribution is 2.21. The van der Waals surface area contributed by atoms with Crippen LogP contribution in [0.1, 0.15) is 89.9 Å². The molecule has 0 aromatic heterocycles. The topological polar surface area (TPSA) is 146 Å². The van der Waals surface area contributed by atoms with Gasteiger partial charge < -0.3 is 0 Å². The highest BCUT2D eigenvalue weighted by Gasteiger charge is 2.69. The van der Waals surface area contributed by atoms with Crippen molar-refractivity contribution in [1.82, 2.24) is 0 Å². The lowest BCUT2D eigenvalue weighted by atomic mass is 10.1. The van der Waals surface area contributed by atoms with Gasteiger partial charge in [0.2, 0.25) is 0 Å². The van der Waals surface area contributed by atoms with Crippen molar-refractivity contribution in [2.45, 2.75) is 95.7 Å². The van der Waals surface area contributed by atoms with Crippen LogP contribution in [0.2, 0.25) is 0 Å². The molecular weight excluding hydrogens is 370 g/mol. The molecule has 1 radical (unpaired) electrons. The Bertz CT molecular complexity index is 487. The first-order valence-electron chi connectivity index (χ1n) is 9.83. The van der Waals surface area contributed by atoms with E-state index in [0.29, 0.717) is 12.8 Å². The van der Waals surface area contributed by atoms with Gasteiger partial charge in [0.05, 0.1) is 0 Å². The molecule has 0 heterocycles. The monoisotopic (exact) mass is 400 g/mol. The largest absolute Gasteiger partial charge is 0.699 e. The van der Waals surface area contributed by atoms with E-state index < -0.39 is 27.0 Å². The summed E-state index contributed by atoms with van der Waals surface area (Å²) < 4.78 is 0. The summed E-state index contributed by atoms with van der Waals surface area (Å²) in [5.74, 6) is -3.32. The predicted molar refractivity (Wildman–Crippen MR) is 103 cm³/mol. The van der Waals surface area contributed by atoms with E-state index in [1.165, 1.54) is 0 Å². The van der Waals surface area contributed by atoms with Gasteiger partial charge in [-0.1, -0.05) is 50.7 Å². The number of hydrogen-bond acceptors (Lipinski definition) is 7. The van der Waals surface area contributed by atoms with Crippen LogP contribution in [0.5, 0.6) is 0 Å². The average Bonchev–Trinajstić information content (AvgIpc) is 2.63. The van der Waals surface area contributed by atoms with Crippen LogP contribution >= 0.6 is 0 Å². The molecule has 0 bridgehead atoms. The van der Waals surface area contributed by atoms with E-state index >= 15 is 0 Å². The summed E-state index contributed by atoms with van der Waals surface area (Å²) in [4.78, 5) is 38.2. The van der Waals surface area contributed by atoms with E-state index in [0.717, 1.165) is 64.2 Å².